The highest BCUT2D eigenvalue weighted by Gasteiger charge is 2.34. The fourth-order valence-electron chi connectivity index (χ4n) is 9.71. The SMILES string of the molecule is COc1ccc2c(c1)C(c1ccc(Cl)cc1)=N[C@@H](CC(=O)CCc1cccc(C3CCN(C(=O)C[C@@H]4N=C(c5ccc(Cl)cc5)c5cc(OC)ccc5-n5c(C)nnc54)CC3)c1)c1nnc(C)n1-2. The second kappa shape index (κ2) is 19.0. The maximum Gasteiger partial charge on any atom is 0.225 e. The number of carbonyl (C=O) groups excluding carboxylic acids is 2. The lowest BCUT2D eigenvalue weighted by atomic mass is 9.88. The number of aryl methyl sites for hydroxylation is 3. The van der Waals surface area contributed by atoms with Crippen molar-refractivity contribution in [2.45, 2.75) is 70.4 Å². The van der Waals surface area contributed by atoms with Gasteiger partial charge < -0.3 is 14.4 Å². The van der Waals surface area contributed by atoms with Crippen molar-refractivity contribution < 1.29 is 19.1 Å². The Balaban J connectivity index is 0.817. The van der Waals surface area contributed by atoms with Crippen LogP contribution in [0.5, 0.6) is 11.5 Å². The third-order valence-electron chi connectivity index (χ3n) is 13.3. The van der Waals surface area contributed by atoms with Crippen LogP contribution in [-0.2, 0) is 16.0 Å². The highest BCUT2D eigenvalue weighted by Crippen LogP contribution is 2.38. The van der Waals surface area contributed by atoms with E-state index in [0.717, 1.165) is 63.5 Å². The summed E-state index contributed by atoms with van der Waals surface area (Å²) in [7, 11) is 3.28. The van der Waals surface area contributed by atoms with Crippen LogP contribution in [0.25, 0.3) is 11.4 Å². The Morgan fingerprint density at radius 2 is 1.15 bits per heavy atom. The van der Waals surface area contributed by atoms with E-state index in [1.807, 2.05) is 113 Å². The lowest BCUT2D eigenvalue weighted by Crippen LogP contribution is -2.38. The number of fused-ring (bicyclic) bond motifs is 6. The predicted octanol–water partition coefficient (Wildman–Crippen LogP) is 9.96. The number of nitrogens with zero attached hydrogens (tertiary/aromatic N) is 9. The zero-order chi connectivity index (χ0) is 47.1. The quantitative estimate of drug-likeness (QED) is 0.118. The van der Waals surface area contributed by atoms with E-state index in [1.165, 1.54) is 5.56 Å². The molecule has 1 amide bonds. The van der Waals surface area contributed by atoms with Gasteiger partial charge in [0.25, 0.3) is 0 Å². The van der Waals surface area contributed by atoms with Crippen LogP contribution in [-0.4, -0.2) is 84.9 Å². The van der Waals surface area contributed by atoms with E-state index in [0.29, 0.717) is 70.8 Å². The molecule has 2 atom stereocenters. The number of rotatable bonds is 12. The van der Waals surface area contributed by atoms with Crippen molar-refractivity contribution in [3.63, 3.8) is 0 Å². The summed E-state index contributed by atoms with van der Waals surface area (Å²) in [6, 6.07) is 34.3. The van der Waals surface area contributed by atoms with Gasteiger partial charge in [0, 0.05) is 58.2 Å². The molecular weight excluding hydrogens is 898 g/mol. The molecule has 3 aliphatic rings. The average Bonchev–Trinajstić information content (AvgIpc) is 3.87. The molecule has 10 rings (SSSR count). The number of amides is 1. The van der Waals surface area contributed by atoms with Crippen molar-refractivity contribution >= 4 is 46.3 Å². The van der Waals surface area contributed by atoms with Crippen molar-refractivity contribution in [1.29, 1.82) is 0 Å². The standard InChI is InChI=1S/C53H49Cl2N9O4/c1-31-58-60-52-45(56-50(35-9-13-38(54)14-10-35)43-28-41(67-3)18-20-47(43)63(31)52)27-40(65)17-8-33-6-5-7-37(26-33)34-22-24-62(25-23-34)49(66)30-46-53-61-59-32(2)64(53)48-21-19-42(68-4)29-44(48)51(57-46)36-11-15-39(55)16-12-36/h5-7,9-16,18-21,26,28-29,34,45-46H,8,17,22-25,27,30H2,1-4H3/t45-,46-/m0/s1. The maximum absolute atomic E-state index is 14.2. The number of ketones is 1. The van der Waals surface area contributed by atoms with Gasteiger partial charge >= 0.3 is 0 Å². The molecule has 68 heavy (non-hydrogen) atoms. The van der Waals surface area contributed by atoms with Crippen molar-refractivity contribution in [2.24, 2.45) is 9.98 Å². The van der Waals surface area contributed by atoms with Gasteiger partial charge in [-0.1, -0.05) is 71.7 Å². The molecule has 344 valence electrons. The minimum absolute atomic E-state index is 0.0194. The Labute approximate surface area is 404 Å². The van der Waals surface area contributed by atoms with Crippen LogP contribution in [0.15, 0.2) is 119 Å². The van der Waals surface area contributed by atoms with Gasteiger partial charge in [0.05, 0.1) is 43.4 Å². The number of hydrogen-bond donors (Lipinski definition) is 0. The molecule has 0 bridgehead atoms. The first-order valence-electron chi connectivity index (χ1n) is 22.8. The van der Waals surface area contributed by atoms with Gasteiger partial charge in [0.1, 0.15) is 41.0 Å². The first-order chi connectivity index (χ1) is 33.0. The molecule has 7 aromatic rings. The fourth-order valence-corrected chi connectivity index (χ4v) is 9.97. The van der Waals surface area contributed by atoms with Gasteiger partial charge in [-0.25, -0.2) is 0 Å². The number of carbonyl (C=O) groups is 2. The minimum atomic E-state index is -0.576. The van der Waals surface area contributed by atoms with Crippen LogP contribution in [0, 0.1) is 13.8 Å². The predicted molar refractivity (Wildman–Crippen MR) is 263 cm³/mol. The third-order valence-corrected chi connectivity index (χ3v) is 13.8. The maximum atomic E-state index is 14.2. The number of ether oxygens (including phenoxy) is 2. The largest absolute Gasteiger partial charge is 0.497 e. The van der Waals surface area contributed by atoms with Crippen molar-refractivity contribution in [1.82, 2.24) is 34.4 Å². The molecule has 0 aliphatic carbocycles. The van der Waals surface area contributed by atoms with Gasteiger partial charge in [-0.15, -0.1) is 20.4 Å². The molecule has 5 aromatic carbocycles. The highest BCUT2D eigenvalue weighted by molar-refractivity contribution is 6.31. The second-order valence-corrected chi connectivity index (χ2v) is 18.4. The summed E-state index contributed by atoms with van der Waals surface area (Å²) in [6.07, 6.45) is 2.89. The zero-order valence-electron chi connectivity index (χ0n) is 38.2. The van der Waals surface area contributed by atoms with E-state index in [1.54, 1.807) is 14.2 Å². The number of benzene rings is 5. The minimum Gasteiger partial charge on any atom is -0.497 e. The molecule has 2 aromatic heterocycles. The zero-order valence-corrected chi connectivity index (χ0v) is 39.7. The van der Waals surface area contributed by atoms with E-state index < -0.39 is 12.1 Å². The van der Waals surface area contributed by atoms with Gasteiger partial charge in [-0.05, 0) is 111 Å². The van der Waals surface area contributed by atoms with Crippen LogP contribution in [0.1, 0.15) is 107 Å². The molecule has 13 nitrogen and oxygen atoms in total. The van der Waals surface area contributed by atoms with Crippen molar-refractivity contribution in [2.75, 3.05) is 27.3 Å². The Morgan fingerprint density at radius 3 is 1.66 bits per heavy atom. The Hall–Kier alpha value is -6.96. The average molecular weight is 947 g/mol. The number of halogens is 2. The number of aliphatic imine (C=N–C) groups is 2. The molecule has 0 N–H and O–H groups in total. The Kier molecular flexibility index (Phi) is 12.5. The molecule has 0 unspecified atom stereocenters. The summed E-state index contributed by atoms with van der Waals surface area (Å²) >= 11 is 12.6. The molecule has 0 spiro atoms. The number of likely N-dealkylation sites (tertiary alicyclic amines) is 1. The lowest BCUT2D eigenvalue weighted by molar-refractivity contribution is -0.132. The molecular formula is C53H49Cl2N9O4. The van der Waals surface area contributed by atoms with E-state index in [-0.39, 0.29) is 30.4 Å². The molecule has 1 fully saturated rings. The molecule has 5 heterocycles. The molecule has 1 saturated heterocycles. The number of piperidine rings is 1. The third kappa shape index (κ3) is 8.83. The van der Waals surface area contributed by atoms with Crippen LogP contribution in [0.4, 0.5) is 0 Å². The normalized spacial score (nSPS) is 16.6. The summed E-state index contributed by atoms with van der Waals surface area (Å²) in [6.45, 7) is 5.06. The number of hydrogen-bond acceptors (Lipinski definition) is 10. The smallest absolute Gasteiger partial charge is 0.225 e. The number of methoxy groups -OCH3 is 2. The number of Topliss-reactive ketones (excluding diaryl/α,β-unsaturated/α-hetero) is 1. The van der Waals surface area contributed by atoms with E-state index in [2.05, 4.69) is 44.7 Å². The van der Waals surface area contributed by atoms with Crippen LogP contribution >= 0.6 is 23.2 Å². The first-order valence-corrected chi connectivity index (χ1v) is 23.6. The van der Waals surface area contributed by atoms with Gasteiger partial charge in [-0.2, -0.15) is 0 Å². The highest BCUT2D eigenvalue weighted by atomic mass is 35.5. The molecule has 0 saturated carbocycles. The van der Waals surface area contributed by atoms with Crippen LogP contribution < -0.4 is 9.47 Å². The summed E-state index contributed by atoms with van der Waals surface area (Å²) in [5.41, 5.74) is 8.95. The molecule has 0 radical (unpaired) electrons. The van der Waals surface area contributed by atoms with E-state index >= 15 is 0 Å². The van der Waals surface area contributed by atoms with Gasteiger partial charge in [0.2, 0.25) is 5.91 Å². The van der Waals surface area contributed by atoms with Crippen LogP contribution in [0.3, 0.4) is 0 Å². The van der Waals surface area contributed by atoms with Crippen LogP contribution in [0.2, 0.25) is 10.0 Å². The lowest BCUT2D eigenvalue weighted by Gasteiger charge is -2.33. The first kappa shape index (κ1) is 44.9. The monoisotopic (exact) mass is 945 g/mol. The van der Waals surface area contributed by atoms with E-state index in [4.69, 9.17) is 42.7 Å². The summed E-state index contributed by atoms with van der Waals surface area (Å²) in [5, 5.41) is 19.2. The van der Waals surface area contributed by atoms with Gasteiger partial charge in [-0.3, -0.25) is 28.7 Å². The summed E-state index contributed by atoms with van der Waals surface area (Å²) in [4.78, 5) is 40.6. The molecule has 3 aliphatic heterocycles. The van der Waals surface area contributed by atoms with E-state index in [9.17, 15) is 9.59 Å². The van der Waals surface area contributed by atoms with Gasteiger partial charge in [0.15, 0.2) is 11.6 Å². The fraction of sp³-hybridized carbons (Fsp3) is 0.283. The van der Waals surface area contributed by atoms with Crippen molar-refractivity contribution in [3.8, 4) is 22.9 Å². The van der Waals surface area contributed by atoms with Crippen molar-refractivity contribution in [3.05, 3.63) is 176 Å². The topological polar surface area (TPSA) is 142 Å². The Bertz CT molecular complexity index is 3120. The summed E-state index contributed by atoms with van der Waals surface area (Å²) < 4.78 is 15.2. The Morgan fingerprint density at radius 1 is 0.632 bits per heavy atom. The molecule has 15 heteroatoms. The number of aromatic nitrogens is 6. The second-order valence-electron chi connectivity index (χ2n) is 17.5. The summed E-state index contributed by atoms with van der Waals surface area (Å²) in [5.74, 6) is 4.40.